The minimum atomic E-state index is 0.0350. The van der Waals surface area contributed by atoms with Crippen molar-refractivity contribution >= 4 is 75.0 Å². The van der Waals surface area contributed by atoms with E-state index in [1.807, 2.05) is 11.3 Å². The van der Waals surface area contributed by atoms with E-state index in [0.29, 0.717) is 0 Å². The molecule has 314 valence electrons. The number of fused-ring (bicyclic) bond motifs is 12. The van der Waals surface area contributed by atoms with Crippen molar-refractivity contribution in [2.75, 3.05) is 0 Å². The van der Waals surface area contributed by atoms with Gasteiger partial charge in [-0.3, -0.25) is 0 Å². The zero-order chi connectivity index (χ0) is 44.0. The van der Waals surface area contributed by atoms with Gasteiger partial charge in [-0.15, -0.1) is 11.3 Å². The standard InChI is InChI=1S/C63H41N3S/c1-3-16-39(17-4-1)42-20-15-21-44(34-42)66-58-38-60-55(48-25-12-14-29-59(48)67-60)37-54(58)56-36-53(47-24-9-10-26-49(47)62(56)66)43-31-30-40-32-33-50(45-22-7-8-23-46(45)52(40)35-43)63-64-57-28-13-11-27-51(57)61(65-63)41-18-5-2-6-19-41/h1-31,34-38,50H,32-33H2. The van der Waals surface area contributed by atoms with E-state index in [2.05, 4.69) is 223 Å². The van der Waals surface area contributed by atoms with Gasteiger partial charge >= 0.3 is 0 Å². The quantitative estimate of drug-likeness (QED) is 0.172. The Hall–Kier alpha value is -8.18. The van der Waals surface area contributed by atoms with Crippen molar-refractivity contribution in [2.45, 2.75) is 18.8 Å². The highest BCUT2D eigenvalue weighted by Crippen LogP contribution is 2.47. The molecule has 14 rings (SSSR count). The zero-order valence-electron chi connectivity index (χ0n) is 36.5. The van der Waals surface area contributed by atoms with Crippen molar-refractivity contribution in [3.8, 4) is 50.3 Å². The Bertz CT molecular complexity index is 4110. The average Bonchev–Trinajstić information content (AvgIpc) is 3.87. The number of benzene rings is 10. The predicted octanol–water partition coefficient (Wildman–Crippen LogP) is 17.0. The molecular formula is C63H41N3S. The molecule has 10 aromatic carbocycles. The van der Waals surface area contributed by atoms with Gasteiger partial charge < -0.3 is 4.57 Å². The van der Waals surface area contributed by atoms with Gasteiger partial charge in [-0.25, -0.2) is 9.97 Å². The van der Waals surface area contributed by atoms with E-state index >= 15 is 0 Å². The van der Waals surface area contributed by atoms with Crippen LogP contribution in [0.15, 0.2) is 218 Å². The summed E-state index contributed by atoms with van der Waals surface area (Å²) in [6.07, 6.45) is 1.84. The third-order valence-corrected chi connectivity index (χ3v) is 15.3. The second kappa shape index (κ2) is 15.2. The highest BCUT2D eigenvalue weighted by molar-refractivity contribution is 7.25. The van der Waals surface area contributed by atoms with E-state index in [-0.39, 0.29) is 5.92 Å². The molecule has 0 N–H and O–H groups in total. The molecule has 0 radical (unpaired) electrons. The van der Waals surface area contributed by atoms with Crippen molar-refractivity contribution in [2.24, 2.45) is 0 Å². The maximum Gasteiger partial charge on any atom is 0.137 e. The SMILES string of the molecule is c1ccc(-c2cccc(-n3c4cc5sc6ccccc6c5cc4c4cc(-c5ccc6c(c5)-c5ccccc5C(c5nc(-c7ccccc7)c7ccccc7n5)CC6)c5ccccc5c43)c2)cc1. The molecule has 0 bridgehead atoms. The van der Waals surface area contributed by atoms with Crippen molar-refractivity contribution in [1.82, 2.24) is 14.5 Å². The van der Waals surface area contributed by atoms with Crippen molar-refractivity contribution in [1.29, 1.82) is 0 Å². The van der Waals surface area contributed by atoms with Gasteiger partial charge in [0, 0.05) is 58.9 Å². The van der Waals surface area contributed by atoms with E-state index in [0.717, 1.165) is 46.5 Å². The molecule has 0 saturated carbocycles. The summed E-state index contributed by atoms with van der Waals surface area (Å²) in [6.45, 7) is 0. The lowest BCUT2D eigenvalue weighted by Crippen LogP contribution is -2.08. The lowest BCUT2D eigenvalue weighted by Gasteiger charge is -2.19. The van der Waals surface area contributed by atoms with Gasteiger partial charge in [-0.1, -0.05) is 170 Å². The number of aryl methyl sites for hydroxylation is 1. The fourth-order valence-electron chi connectivity index (χ4n) is 11.1. The molecule has 0 spiro atoms. The molecule has 1 aliphatic rings. The first kappa shape index (κ1) is 38.1. The molecule has 3 aromatic heterocycles. The van der Waals surface area contributed by atoms with Crippen LogP contribution in [-0.2, 0) is 6.42 Å². The second-order valence-electron chi connectivity index (χ2n) is 17.9. The molecule has 1 unspecified atom stereocenters. The lowest BCUT2D eigenvalue weighted by molar-refractivity contribution is 0.685. The Morgan fingerprint density at radius 3 is 2.00 bits per heavy atom. The van der Waals surface area contributed by atoms with Crippen LogP contribution >= 0.6 is 11.3 Å². The molecule has 0 fully saturated rings. The van der Waals surface area contributed by atoms with Gasteiger partial charge in [0.15, 0.2) is 0 Å². The molecule has 0 amide bonds. The Morgan fingerprint density at radius 1 is 0.418 bits per heavy atom. The molecule has 3 nitrogen and oxygen atoms in total. The summed E-state index contributed by atoms with van der Waals surface area (Å²) < 4.78 is 5.14. The van der Waals surface area contributed by atoms with Crippen LogP contribution in [0.1, 0.15) is 29.3 Å². The number of para-hydroxylation sites is 1. The van der Waals surface area contributed by atoms with Crippen LogP contribution in [0.25, 0.3) is 114 Å². The van der Waals surface area contributed by atoms with Crippen LogP contribution in [0, 0.1) is 0 Å². The van der Waals surface area contributed by atoms with Gasteiger partial charge in [0.1, 0.15) is 5.82 Å². The highest BCUT2D eigenvalue weighted by atomic mass is 32.1. The number of aromatic nitrogens is 3. The number of thiophene rings is 1. The fraction of sp³-hybridized carbons (Fsp3) is 0.0476. The monoisotopic (exact) mass is 871 g/mol. The van der Waals surface area contributed by atoms with Gasteiger partial charge in [-0.2, -0.15) is 0 Å². The fourth-order valence-corrected chi connectivity index (χ4v) is 12.2. The molecule has 3 heterocycles. The highest BCUT2D eigenvalue weighted by Gasteiger charge is 2.28. The third kappa shape index (κ3) is 6.10. The van der Waals surface area contributed by atoms with Crippen LogP contribution < -0.4 is 0 Å². The first-order valence-electron chi connectivity index (χ1n) is 23.2. The molecular weight excluding hydrogens is 831 g/mol. The topological polar surface area (TPSA) is 30.7 Å². The van der Waals surface area contributed by atoms with Crippen LogP contribution in [0.4, 0.5) is 0 Å². The van der Waals surface area contributed by atoms with E-state index < -0.39 is 0 Å². The van der Waals surface area contributed by atoms with Gasteiger partial charge in [-0.05, 0) is 111 Å². The number of hydrogen-bond donors (Lipinski definition) is 0. The first-order valence-corrected chi connectivity index (χ1v) is 24.1. The summed E-state index contributed by atoms with van der Waals surface area (Å²) in [7, 11) is 0. The van der Waals surface area contributed by atoms with E-state index in [1.165, 1.54) is 97.3 Å². The normalized spacial score (nSPS) is 13.7. The summed E-state index contributed by atoms with van der Waals surface area (Å²) in [5, 5.41) is 8.69. The Morgan fingerprint density at radius 2 is 1.13 bits per heavy atom. The number of nitrogens with zero attached hydrogens (tertiary/aromatic N) is 3. The zero-order valence-corrected chi connectivity index (χ0v) is 37.3. The Labute approximate surface area is 391 Å². The van der Waals surface area contributed by atoms with E-state index in [1.54, 1.807) is 0 Å². The van der Waals surface area contributed by atoms with Crippen molar-refractivity contribution in [3.63, 3.8) is 0 Å². The summed E-state index contributed by atoms with van der Waals surface area (Å²) >= 11 is 1.88. The van der Waals surface area contributed by atoms with E-state index in [9.17, 15) is 0 Å². The predicted molar refractivity (Wildman–Crippen MR) is 283 cm³/mol. The molecule has 4 heteroatoms. The summed E-state index contributed by atoms with van der Waals surface area (Å²) in [6, 6.07) is 80.3. The molecule has 67 heavy (non-hydrogen) atoms. The molecule has 0 saturated heterocycles. The molecule has 1 atom stereocenters. The van der Waals surface area contributed by atoms with Crippen LogP contribution in [0.2, 0.25) is 0 Å². The lowest BCUT2D eigenvalue weighted by atomic mass is 9.88. The largest absolute Gasteiger partial charge is 0.309 e. The van der Waals surface area contributed by atoms with Crippen LogP contribution in [0.3, 0.4) is 0 Å². The second-order valence-corrected chi connectivity index (χ2v) is 19.0. The Kier molecular flexibility index (Phi) is 8.65. The van der Waals surface area contributed by atoms with Crippen LogP contribution in [-0.4, -0.2) is 14.5 Å². The smallest absolute Gasteiger partial charge is 0.137 e. The maximum atomic E-state index is 5.41. The third-order valence-electron chi connectivity index (χ3n) is 14.2. The number of rotatable bonds is 5. The number of hydrogen-bond acceptors (Lipinski definition) is 3. The van der Waals surface area contributed by atoms with Gasteiger partial charge in [0.2, 0.25) is 0 Å². The Balaban J connectivity index is 0.980. The maximum absolute atomic E-state index is 5.41. The molecule has 1 aliphatic carbocycles. The molecule has 13 aromatic rings. The van der Waals surface area contributed by atoms with Gasteiger partial charge in [0.05, 0.1) is 22.2 Å². The average molecular weight is 872 g/mol. The minimum Gasteiger partial charge on any atom is -0.309 e. The van der Waals surface area contributed by atoms with Crippen LogP contribution in [0.5, 0.6) is 0 Å². The minimum absolute atomic E-state index is 0.0350. The van der Waals surface area contributed by atoms with Crippen molar-refractivity contribution < 1.29 is 0 Å². The summed E-state index contributed by atoms with van der Waals surface area (Å²) in [4.78, 5) is 10.7. The van der Waals surface area contributed by atoms with Crippen molar-refractivity contribution in [3.05, 3.63) is 235 Å². The summed E-state index contributed by atoms with van der Waals surface area (Å²) in [5.74, 6) is 0.917. The molecule has 0 aliphatic heterocycles. The summed E-state index contributed by atoms with van der Waals surface area (Å²) in [5.41, 5.74) is 16.7. The first-order chi connectivity index (χ1) is 33.2. The van der Waals surface area contributed by atoms with Gasteiger partial charge in [0.25, 0.3) is 0 Å². The van der Waals surface area contributed by atoms with E-state index in [4.69, 9.17) is 9.97 Å².